The van der Waals surface area contributed by atoms with Gasteiger partial charge in [0.2, 0.25) is 0 Å². The van der Waals surface area contributed by atoms with E-state index in [0.29, 0.717) is 29.9 Å². The van der Waals surface area contributed by atoms with Gasteiger partial charge in [-0.1, -0.05) is 0 Å². The zero-order valence-electron chi connectivity index (χ0n) is 19.5. The number of anilines is 1. The standard InChI is InChI=1S/C22H33FN8O.HI/c1-26-22(28-12-14-30(2)13-5-15-32-3)27-11-4-6-20-19(16-24)21(25)31(29-20)18-9-7-17(23)8-10-18;/h7-10H,4-6,11-15,25H2,1-3H3,(H2,26,27,28);1H. The van der Waals surface area contributed by atoms with Crippen molar-refractivity contribution >= 4 is 35.8 Å². The number of nitrogens with one attached hydrogen (secondary N) is 2. The number of aromatic nitrogens is 2. The quantitative estimate of drug-likeness (QED) is 0.155. The Bertz CT molecular complexity index is 910. The first kappa shape index (κ1) is 28.6. The number of methoxy groups -OCH3 is 1. The molecule has 0 aliphatic rings. The van der Waals surface area contributed by atoms with Crippen LogP contribution in [-0.4, -0.2) is 74.6 Å². The molecule has 0 unspecified atom stereocenters. The summed E-state index contributed by atoms with van der Waals surface area (Å²) in [5, 5.41) is 20.5. The number of aliphatic imine (C=N–C) groups is 1. The summed E-state index contributed by atoms with van der Waals surface area (Å²) in [6.45, 7) is 4.09. The number of likely N-dealkylation sites (N-methyl/N-ethyl adjacent to an activating group) is 1. The topological polar surface area (TPSA) is 117 Å². The first-order chi connectivity index (χ1) is 15.5. The highest BCUT2D eigenvalue weighted by atomic mass is 127. The first-order valence-corrected chi connectivity index (χ1v) is 10.7. The number of nitrogens with two attached hydrogens (primary N) is 1. The molecule has 0 saturated heterocycles. The highest BCUT2D eigenvalue weighted by molar-refractivity contribution is 14.0. The number of rotatable bonds is 12. The van der Waals surface area contributed by atoms with E-state index in [1.165, 1.54) is 16.8 Å². The molecule has 1 heterocycles. The monoisotopic (exact) mass is 572 g/mol. The van der Waals surface area contributed by atoms with Gasteiger partial charge in [-0.25, -0.2) is 9.07 Å². The summed E-state index contributed by atoms with van der Waals surface area (Å²) in [5.41, 5.74) is 7.69. The van der Waals surface area contributed by atoms with Crippen LogP contribution in [0.2, 0.25) is 0 Å². The third-order valence-electron chi connectivity index (χ3n) is 4.96. The molecule has 0 amide bonds. The van der Waals surface area contributed by atoms with E-state index in [9.17, 15) is 9.65 Å². The molecule has 0 fully saturated rings. The van der Waals surface area contributed by atoms with Crippen molar-refractivity contribution in [2.75, 3.05) is 59.7 Å². The second kappa shape index (κ2) is 15.4. The number of ether oxygens (including phenoxy) is 1. The lowest BCUT2D eigenvalue weighted by atomic mass is 10.1. The van der Waals surface area contributed by atoms with Crippen LogP contribution in [0.5, 0.6) is 0 Å². The third-order valence-corrected chi connectivity index (χ3v) is 4.96. The second-order valence-electron chi connectivity index (χ2n) is 7.39. The minimum Gasteiger partial charge on any atom is -0.385 e. The Morgan fingerprint density at radius 1 is 1.24 bits per heavy atom. The van der Waals surface area contributed by atoms with E-state index in [1.54, 1.807) is 26.3 Å². The summed E-state index contributed by atoms with van der Waals surface area (Å²) < 4.78 is 19.7. The number of hydrogen-bond acceptors (Lipinski definition) is 6. The largest absolute Gasteiger partial charge is 0.385 e. The summed E-state index contributed by atoms with van der Waals surface area (Å²) >= 11 is 0. The SMILES string of the molecule is CN=C(NCCCc1nn(-c2ccc(F)cc2)c(N)c1C#N)NCCN(C)CCCOC.I. The van der Waals surface area contributed by atoms with Gasteiger partial charge in [0.1, 0.15) is 23.3 Å². The van der Waals surface area contributed by atoms with Crippen molar-refractivity contribution in [3.63, 3.8) is 0 Å². The van der Waals surface area contributed by atoms with Gasteiger partial charge in [0.25, 0.3) is 0 Å². The molecule has 9 nitrogen and oxygen atoms in total. The van der Waals surface area contributed by atoms with E-state index in [4.69, 9.17) is 10.5 Å². The molecule has 0 saturated carbocycles. The minimum atomic E-state index is -0.342. The number of benzene rings is 1. The number of halogens is 2. The van der Waals surface area contributed by atoms with Crippen LogP contribution >= 0.6 is 24.0 Å². The van der Waals surface area contributed by atoms with Crippen LogP contribution in [0, 0.1) is 17.1 Å². The summed E-state index contributed by atoms with van der Waals surface area (Å²) in [4.78, 5) is 6.48. The molecular weight excluding hydrogens is 538 g/mol. The molecule has 1 aromatic heterocycles. The van der Waals surface area contributed by atoms with Gasteiger partial charge in [0.05, 0.1) is 11.4 Å². The molecule has 0 aliphatic heterocycles. The molecule has 0 aliphatic carbocycles. The molecule has 0 atom stereocenters. The normalized spacial score (nSPS) is 11.2. The fourth-order valence-corrected chi connectivity index (χ4v) is 3.19. The van der Waals surface area contributed by atoms with Crippen LogP contribution in [0.25, 0.3) is 5.69 Å². The van der Waals surface area contributed by atoms with Crippen LogP contribution in [0.15, 0.2) is 29.3 Å². The Morgan fingerprint density at radius 2 is 1.94 bits per heavy atom. The first-order valence-electron chi connectivity index (χ1n) is 10.7. The molecule has 0 radical (unpaired) electrons. The fraction of sp³-hybridized carbons (Fsp3) is 0.500. The lowest BCUT2D eigenvalue weighted by Gasteiger charge is -2.18. The third kappa shape index (κ3) is 9.15. The van der Waals surface area contributed by atoms with Crippen molar-refractivity contribution in [3.05, 3.63) is 41.3 Å². The molecule has 0 bridgehead atoms. The lowest BCUT2D eigenvalue weighted by molar-refractivity contribution is 0.180. The van der Waals surface area contributed by atoms with Gasteiger partial charge in [0, 0.05) is 46.9 Å². The number of hydrogen-bond donors (Lipinski definition) is 3. The molecule has 2 aromatic rings. The number of nitrogen functional groups attached to an aromatic ring is 1. The maximum Gasteiger partial charge on any atom is 0.191 e. The van der Waals surface area contributed by atoms with E-state index in [0.717, 1.165) is 45.0 Å². The number of guanidine groups is 1. The Balaban J connectivity index is 0.00000544. The number of aryl methyl sites for hydroxylation is 1. The smallest absolute Gasteiger partial charge is 0.191 e. The van der Waals surface area contributed by atoms with Gasteiger partial charge in [-0.3, -0.25) is 4.99 Å². The van der Waals surface area contributed by atoms with Crippen molar-refractivity contribution in [2.45, 2.75) is 19.3 Å². The maximum absolute atomic E-state index is 13.2. The molecule has 4 N–H and O–H groups in total. The Labute approximate surface area is 212 Å². The van der Waals surface area contributed by atoms with E-state index < -0.39 is 0 Å². The van der Waals surface area contributed by atoms with Crippen molar-refractivity contribution in [1.82, 2.24) is 25.3 Å². The Hall–Kier alpha value is -2.43. The lowest BCUT2D eigenvalue weighted by Crippen LogP contribution is -2.41. The molecule has 11 heteroatoms. The van der Waals surface area contributed by atoms with Gasteiger partial charge in [-0.05, 0) is 50.6 Å². The minimum absolute atomic E-state index is 0. The predicted molar refractivity (Wildman–Crippen MR) is 140 cm³/mol. The summed E-state index contributed by atoms with van der Waals surface area (Å²) in [6, 6.07) is 7.96. The van der Waals surface area contributed by atoms with E-state index in [-0.39, 0.29) is 35.6 Å². The van der Waals surface area contributed by atoms with Crippen molar-refractivity contribution in [2.24, 2.45) is 4.99 Å². The van der Waals surface area contributed by atoms with Crippen molar-refractivity contribution in [1.29, 1.82) is 5.26 Å². The zero-order valence-corrected chi connectivity index (χ0v) is 21.8. The molecule has 182 valence electrons. The van der Waals surface area contributed by atoms with Gasteiger partial charge in [-0.15, -0.1) is 24.0 Å². The molecule has 2 rings (SSSR count). The summed E-state index contributed by atoms with van der Waals surface area (Å²) in [5.74, 6) is 0.646. The van der Waals surface area contributed by atoms with Gasteiger partial charge < -0.3 is 26.0 Å². The predicted octanol–water partition coefficient (Wildman–Crippen LogP) is 2.15. The van der Waals surface area contributed by atoms with Crippen molar-refractivity contribution < 1.29 is 9.13 Å². The van der Waals surface area contributed by atoms with E-state index in [2.05, 4.69) is 38.7 Å². The molecule has 1 aromatic carbocycles. The second-order valence-corrected chi connectivity index (χ2v) is 7.39. The number of nitriles is 1. The fourth-order valence-electron chi connectivity index (χ4n) is 3.19. The van der Waals surface area contributed by atoms with E-state index in [1.807, 2.05) is 0 Å². The highest BCUT2D eigenvalue weighted by Crippen LogP contribution is 2.21. The van der Waals surface area contributed by atoms with E-state index >= 15 is 0 Å². The highest BCUT2D eigenvalue weighted by Gasteiger charge is 2.16. The van der Waals surface area contributed by atoms with Crippen LogP contribution in [0.3, 0.4) is 0 Å². The maximum atomic E-state index is 13.2. The molecule has 33 heavy (non-hydrogen) atoms. The Kier molecular flexibility index (Phi) is 13.4. The molecular formula is C22H34FIN8O. The zero-order chi connectivity index (χ0) is 23.3. The molecule has 0 spiro atoms. The van der Waals surface area contributed by atoms with Crippen LogP contribution in [0.4, 0.5) is 10.2 Å². The van der Waals surface area contributed by atoms with Crippen LogP contribution in [0.1, 0.15) is 24.1 Å². The summed E-state index contributed by atoms with van der Waals surface area (Å²) in [6.07, 6.45) is 2.33. The van der Waals surface area contributed by atoms with Crippen LogP contribution in [-0.2, 0) is 11.2 Å². The number of nitrogens with zero attached hydrogens (tertiary/aromatic N) is 5. The Morgan fingerprint density at radius 3 is 2.58 bits per heavy atom. The average molecular weight is 572 g/mol. The van der Waals surface area contributed by atoms with Gasteiger partial charge >= 0.3 is 0 Å². The van der Waals surface area contributed by atoms with Gasteiger partial charge in [0.15, 0.2) is 5.96 Å². The summed E-state index contributed by atoms with van der Waals surface area (Å²) in [7, 11) is 5.53. The van der Waals surface area contributed by atoms with Crippen LogP contribution < -0.4 is 16.4 Å². The average Bonchev–Trinajstić information content (AvgIpc) is 3.11. The van der Waals surface area contributed by atoms with Crippen molar-refractivity contribution in [3.8, 4) is 11.8 Å². The van der Waals surface area contributed by atoms with Gasteiger partial charge in [-0.2, -0.15) is 10.4 Å².